The second-order valence-corrected chi connectivity index (χ2v) is 9.06. The zero-order chi connectivity index (χ0) is 24.2. The van der Waals surface area contributed by atoms with Gasteiger partial charge >= 0.3 is 0 Å². The molecule has 2 heterocycles. The number of para-hydroxylation sites is 2. The Morgan fingerprint density at radius 3 is 1.22 bits per heavy atom. The molecule has 6 nitrogen and oxygen atoms in total. The molecule has 0 aliphatic heterocycles. The zero-order valence-electron chi connectivity index (χ0n) is 19.9. The van der Waals surface area contributed by atoms with Gasteiger partial charge in [0.2, 0.25) is 0 Å². The number of hydrogen-bond acceptors (Lipinski definition) is 4. The Morgan fingerprint density at radius 1 is 0.444 bits per heavy atom. The van der Waals surface area contributed by atoms with Gasteiger partial charge in [0, 0.05) is 22.3 Å². The second kappa shape index (κ2) is 7.85. The molecule has 0 N–H and O–H groups in total. The Balaban J connectivity index is 1.61. The maximum absolute atomic E-state index is 4.76. The molecular formula is C30H22N6. The van der Waals surface area contributed by atoms with Crippen molar-refractivity contribution in [3.8, 4) is 56.4 Å². The SMILES string of the molecule is Cc1ccccc1-n1nnc2c1-c1ccccc1-c1nnn(-c3ccccc3C)c1-c1ccccc1-2. The first kappa shape index (κ1) is 20.5. The molecule has 1 aliphatic rings. The topological polar surface area (TPSA) is 61.4 Å². The maximum atomic E-state index is 4.76. The van der Waals surface area contributed by atoms with Crippen LogP contribution < -0.4 is 0 Å². The number of aryl methyl sites for hydroxylation is 2. The van der Waals surface area contributed by atoms with Gasteiger partial charge in [-0.05, 0) is 37.1 Å². The Labute approximate surface area is 208 Å². The molecule has 6 aromatic rings. The van der Waals surface area contributed by atoms with Gasteiger partial charge < -0.3 is 0 Å². The van der Waals surface area contributed by atoms with E-state index >= 15 is 0 Å². The fraction of sp³-hybridized carbons (Fsp3) is 0.0667. The average Bonchev–Trinajstić information content (AvgIpc) is 3.53. The number of aromatic nitrogens is 6. The smallest absolute Gasteiger partial charge is 0.122 e. The molecule has 0 radical (unpaired) electrons. The van der Waals surface area contributed by atoms with Gasteiger partial charge in [-0.25, -0.2) is 9.36 Å². The molecule has 36 heavy (non-hydrogen) atoms. The molecule has 0 bridgehead atoms. The highest BCUT2D eigenvalue weighted by molar-refractivity contribution is 5.99. The Morgan fingerprint density at radius 2 is 0.806 bits per heavy atom. The van der Waals surface area contributed by atoms with Crippen LogP contribution in [0.2, 0.25) is 0 Å². The van der Waals surface area contributed by atoms with Crippen molar-refractivity contribution in [1.29, 1.82) is 0 Å². The summed E-state index contributed by atoms with van der Waals surface area (Å²) in [5.74, 6) is 0. The van der Waals surface area contributed by atoms with E-state index in [9.17, 15) is 0 Å². The standard InChI is InChI=1S/C30H22N6/c1-19-11-3-9-17-25(19)35-29-23-15-7-5-13-21(23)28-30(24-16-8-6-14-22(24)27(29)31-33-35)36(34-32-28)26-18-10-4-12-20(26)2/h3-18H,1-2H3. The van der Waals surface area contributed by atoms with E-state index in [1.165, 1.54) is 0 Å². The molecule has 0 unspecified atom stereocenters. The van der Waals surface area contributed by atoms with E-state index in [4.69, 9.17) is 10.2 Å². The number of fused-ring (bicyclic) bond motifs is 8. The van der Waals surface area contributed by atoms with Crippen LogP contribution in [0, 0.1) is 13.8 Å². The fourth-order valence-electron chi connectivity index (χ4n) is 5.14. The molecule has 0 saturated heterocycles. The molecule has 172 valence electrons. The van der Waals surface area contributed by atoms with Crippen LogP contribution in [0.25, 0.3) is 56.4 Å². The van der Waals surface area contributed by atoms with Gasteiger partial charge in [-0.2, -0.15) is 0 Å². The summed E-state index contributed by atoms with van der Waals surface area (Å²) in [6.45, 7) is 4.19. The summed E-state index contributed by atoms with van der Waals surface area (Å²) in [5.41, 5.74) is 11.9. The third-order valence-corrected chi connectivity index (χ3v) is 6.90. The lowest BCUT2D eigenvalue weighted by Crippen LogP contribution is -2.05. The Bertz CT molecular complexity index is 1640. The number of benzene rings is 4. The normalized spacial score (nSPS) is 11.6. The molecule has 6 heteroatoms. The van der Waals surface area contributed by atoms with E-state index in [2.05, 4.69) is 84.9 Å². The summed E-state index contributed by atoms with van der Waals surface area (Å²) in [5, 5.41) is 18.9. The van der Waals surface area contributed by atoms with E-state index in [-0.39, 0.29) is 0 Å². The minimum Gasteiger partial charge on any atom is -0.212 e. The van der Waals surface area contributed by atoms with Gasteiger partial charge in [0.1, 0.15) is 22.8 Å². The highest BCUT2D eigenvalue weighted by Crippen LogP contribution is 2.47. The maximum Gasteiger partial charge on any atom is 0.122 e. The summed E-state index contributed by atoms with van der Waals surface area (Å²) in [4.78, 5) is 0. The molecule has 0 amide bonds. The Hall–Kier alpha value is -4.84. The lowest BCUT2D eigenvalue weighted by atomic mass is 9.89. The molecule has 0 spiro atoms. The van der Waals surface area contributed by atoms with Gasteiger partial charge in [-0.3, -0.25) is 0 Å². The molecule has 1 aliphatic carbocycles. The van der Waals surface area contributed by atoms with E-state index in [0.29, 0.717) is 0 Å². The van der Waals surface area contributed by atoms with Crippen LogP contribution in [-0.2, 0) is 0 Å². The first-order valence-corrected chi connectivity index (χ1v) is 12.0. The Kier molecular flexibility index (Phi) is 4.48. The van der Waals surface area contributed by atoms with Crippen molar-refractivity contribution >= 4 is 0 Å². The van der Waals surface area contributed by atoms with Crippen LogP contribution in [0.3, 0.4) is 0 Å². The van der Waals surface area contributed by atoms with Crippen LogP contribution in [0.5, 0.6) is 0 Å². The van der Waals surface area contributed by atoms with E-state index in [0.717, 1.165) is 67.5 Å². The third-order valence-electron chi connectivity index (χ3n) is 6.90. The van der Waals surface area contributed by atoms with Crippen molar-refractivity contribution in [3.05, 3.63) is 108 Å². The van der Waals surface area contributed by atoms with Crippen molar-refractivity contribution < 1.29 is 0 Å². The largest absolute Gasteiger partial charge is 0.212 e. The van der Waals surface area contributed by atoms with Gasteiger partial charge in [-0.1, -0.05) is 95.4 Å². The van der Waals surface area contributed by atoms with Crippen molar-refractivity contribution in [2.75, 3.05) is 0 Å². The summed E-state index contributed by atoms with van der Waals surface area (Å²) in [6.07, 6.45) is 0. The van der Waals surface area contributed by atoms with Crippen LogP contribution in [-0.4, -0.2) is 30.0 Å². The number of nitrogens with zero attached hydrogens (tertiary/aromatic N) is 6. The zero-order valence-corrected chi connectivity index (χ0v) is 19.9. The quantitative estimate of drug-likeness (QED) is 0.294. The van der Waals surface area contributed by atoms with E-state index in [1.54, 1.807) is 0 Å². The molecule has 4 aromatic carbocycles. The molecule has 2 aromatic heterocycles. The minimum atomic E-state index is 0.837. The minimum absolute atomic E-state index is 0.837. The lowest BCUT2D eigenvalue weighted by Gasteiger charge is -2.19. The summed E-state index contributed by atoms with van der Waals surface area (Å²) in [7, 11) is 0. The van der Waals surface area contributed by atoms with Crippen molar-refractivity contribution in [1.82, 2.24) is 30.0 Å². The monoisotopic (exact) mass is 466 g/mol. The molecule has 0 fully saturated rings. The highest BCUT2D eigenvalue weighted by atomic mass is 15.4. The molecule has 0 atom stereocenters. The summed E-state index contributed by atoms with van der Waals surface area (Å²) in [6, 6.07) is 33.2. The predicted octanol–water partition coefficient (Wildman–Crippen LogP) is 6.45. The summed E-state index contributed by atoms with van der Waals surface area (Å²) < 4.78 is 3.91. The van der Waals surface area contributed by atoms with Crippen LogP contribution in [0.15, 0.2) is 97.1 Å². The fourth-order valence-corrected chi connectivity index (χ4v) is 5.14. The first-order chi connectivity index (χ1) is 17.7. The van der Waals surface area contributed by atoms with E-state index in [1.807, 2.05) is 45.8 Å². The van der Waals surface area contributed by atoms with Crippen LogP contribution >= 0.6 is 0 Å². The van der Waals surface area contributed by atoms with Crippen molar-refractivity contribution in [2.45, 2.75) is 13.8 Å². The number of hydrogen-bond donors (Lipinski definition) is 0. The van der Waals surface area contributed by atoms with Crippen LogP contribution in [0.4, 0.5) is 0 Å². The average molecular weight is 467 g/mol. The third kappa shape index (κ3) is 2.91. The van der Waals surface area contributed by atoms with Gasteiger partial charge in [0.15, 0.2) is 0 Å². The lowest BCUT2D eigenvalue weighted by molar-refractivity contribution is 0.801. The summed E-state index contributed by atoms with van der Waals surface area (Å²) >= 11 is 0. The van der Waals surface area contributed by atoms with Gasteiger partial charge in [-0.15, -0.1) is 10.2 Å². The molecule has 0 saturated carbocycles. The second-order valence-electron chi connectivity index (χ2n) is 9.06. The van der Waals surface area contributed by atoms with Gasteiger partial charge in [0.05, 0.1) is 11.4 Å². The van der Waals surface area contributed by atoms with E-state index < -0.39 is 0 Å². The van der Waals surface area contributed by atoms with Crippen molar-refractivity contribution in [2.24, 2.45) is 0 Å². The predicted molar refractivity (Wildman–Crippen MR) is 141 cm³/mol. The molecular weight excluding hydrogens is 444 g/mol. The highest BCUT2D eigenvalue weighted by Gasteiger charge is 2.30. The first-order valence-electron chi connectivity index (χ1n) is 12.0. The van der Waals surface area contributed by atoms with Gasteiger partial charge in [0.25, 0.3) is 0 Å². The number of rotatable bonds is 2. The van der Waals surface area contributed by atoms with Crippen LogP contribution in [0.1, 0.15) is 11.1 Å². The van der Waals surface area contributed by atoms with Crippen molar-refractivity contribution in [3.63, 3.8) is 0 Å². The molecule has 7 rings (SSSR count).